The van der Waals surface area contributed by atoms with E-state index < -0.39 is 0 Å². The third-order valence-electron chi connectivity index (χ3n) is 7.27. The van der Waals surface area contributed by atoms with Crippen molar-refractivity contribution in [3.63, 3.8) is 0 Å². The second-order valence-electron chi connectivity index (χ2n) is 9.33. The average molecular weight is 493 g/mol. The lowest BCUT2D eigenvalue weighted by Crippen LogP contribution is -1.98. The molecule has 4 heteroatoms. The number of hydrogen-bond acceptors (Lipinski definition) is 4. The van der Waals surface area contributed by atoms with Gasteiger partial charge in [-0.2, -0.15) is 0 Å². The van der Waals surface area contributed by atoms with Gasteiger partial charge in [0.1, 0.15) is 11.5 Å². The molecule has 0 fully saturated rings. The number of hydrogen-bond donors (Lipinski definition) is 0. The predicted molar refractivity (Wildman–Crippen MR) is 156 cm³/mol. The van der Waals surface area contributed by atoms with Gasteiger partial charge in [-0.3, -0.25) is 4.98 Å². The van der Waals surface area contributed by atoms with Crippen LogP contribution in [0.2, 0.25) is 0 Å². The van der Waals surface area contributed by atoms with Crippen LogP contribution in [0, 0.1) is 0 Å². The molecule has 0 saturated carbocycles. The van der Waals surface area contributed by atoms with Crippen molar-refractivity contribution in [2.75, 3.05) is 14.2 Å². The van der Waals surface area contributed by atoms with E-state index in [2.05, 4.69) is 96.0 Å². The Hall–Kier alpha value is -4.96. The molecule has 0 unspecified atom stereocenters. The van der Waals surface area contributed by atoms with Crippen molar-refractivity contribution in [3.8, 4) is 33.9 Å². The number of benzene rings is 5. The van der Waals surface area contributed by atoms with Crippen LogP contribution in [0.1, 0.15) is 0 Å². The number of pyridine rings is 2. The first-order valence-corrected chi connectivity index (χ1v) is 12.6. The zero-order chi connectivity index (χ0) is 25.6. The maximum absolute atomic E-state index is 6.23. The summed E-state index contributed by atoms with van der Waals surface area (Å²) in [6, 6.07) is 35.5. The van der Waals surface area contributed by atoms with Gasteiger partial charge in [-0.1, -0.05) is 78.9 Å². The van der Waals surface area contributed by atoms with Crippen molar-refractivity contribution in [2.24, 2.45) is 0 Å². The van der Waals surface area contributed by atoms with Gasteiger partial charge < -0.3 is 9.47 Å². The minimum absolute atomic E-state index is 0.762. The Morgan fingerprint density at radius 1 is 0.553 bits per heavy atom. The third-order valence-corrected chi connectivity index (χ3v) is 7.27. The largest absolute Gasteiger partial charge is 0.496 e. The highest BCUT2D eigenvalue weighted by Gasteiger charge is 2.22. The summed E-state index contributed by atoms with van der Waals surface area (Å²) in [6.07, 6.45) is 1.82. The third kappa shape index (κ3) is 3.38. The molecule has 2 heterocycles. The quantitative estimate of drug-likeness (QED) is 0.231. The number of methoxy groups -OCH3 is 2. The first-order chi connectivity index (χ1) is 18.8. The Balaban J connectivity index is 1.61. The number of fused-ring (bicyclic) bond motifs is 5. The monoisotopic (exact) mass is 492 g/mol. The van der Waals surface area contributed by atoms with Gasteiger partial charge in [-0.25, -0.2) is 4.98 Å². The SMILES string of the molecule is COc1ccc2ccccc2c1-c1c(OC)c(-c2ccc3ccc4cccnc4c3n2)cc2ccccc12. The van der Waals surface area contributed by atoms with Crippen LogP contribution in [-0.2, 0) is 0 Å². The molecule has 7 rings (SSSR count). The lowest BCUT2D eigenvalue weighted by molar-refractivity contribution is 0.412. The van der Waals surface area contributed by atoms with Crippen molar-refractivity contribution >= 4 is 43.4 Å². The van der Waals surface area contributed by atoms with Crippen molar-refractivity contribution in [1.29, 1.82) is 0 Å². The van der Waals surface area contributed by atoms with Gasteiger partial charge in [0.2, 0.25) is 0 Å². The molecule has 7 aromatic rings. The average Bonchev–Trinajstić information content (AvgIpc) is 2.99. The summed E-state index contributed by atoms with van der Waals surface area (Å²) in [5, 5.41) is 6.56. The predicted octanol–water partition coefficient (Wildman–Crippen LogP) is 8.44. The van der Waals surface area contributed by atoms with Gasteiger partial charge in [-0.15, -0.1) is 0 Å². The number of aromatic nitrogens is 2. The van der Waals surface area contributed by atoms with Gasteiger partial charge in [0, 0.05) is 33.7 Å². The zero-order valence-corrected chi connectivity index (χ0v) is 21.1. The minimum atomic E-state index is 0.762. The van der Waals surface area contributed by atoms with Gasteiger partial charge in [0.15, 0.2) is 0 Å². The number of nitrogens with zero attached hydrogens (tertiary/aromatic N) is 2. The summed E-state index contributed by atoms with van der Waals surface area (Å²) in [4.78, 5) is 9.80. The van der Waals surface area contributed by atoms with Gasteiger partial charge in [-0.05, 0) is 45.8 Å². The van der Waals surface area contributed by atoms with Crippen LogP contribution in [-0.4, -0.2) is 24.2 Å². The smallest absolute Gasteiger partial charge is 0.136 e. The summed E-state index contributed by atoms with van der Waals surface area (Å²) in [5.74, 6) is 1.56. The van der Waals surface area contributed by atoms with E-state index >= 15 is 0 Å². The second kappa shape index (κ2) is 8.86. The van der Waals surface area contributed by atoms with E-state index in [1.165, 1.54) is 0 Å². The molecule has 2 aromatic heterocycles. The molecule has 182 valence electrons. The van der Waals surface area contributed by atoms with Crippen molar-refractivity contribution in [1.82, 2.24) is 9.97 Å². The Labute approximate surface area is 220 Å². The standard InChI is InChI=1S/C34H24N2O2/c1-37-29-18-16-21-8-3-5-11-25(21)30(29)31-26-12-6-4-9-24(26)20-27(34(31)38-2)28-17-15-23-14-13-22-10-7-19-35-32(22)33(23)36-28/h3-20H,1-2H3. The molecular formula is C34H24N2O2. The molecule has 0 aliphatic heterocycles. The molecule has 0 saturated heterocycles. The molecule has 4 nitrogen and oxygen atoms in total. The Kier molecular flexibility index (Phi) is 5.19. The first kappa shape index (κ1) is 22.3. The van der Waals surface area contributed by atoms with Gasteiger partial charge >= 0.3 is 0 Å². The van der Waals surface area contributed by atoms with E-state index in [0.29, 0.717) is 0 Å². The van der Waals surface area contributed by atoms with Crippen LogP contribution in [0.5, 0.6) is 11.5 Å². The number of ether oxygens (including phenoxy) is 2. The van der Waals surface area contributed by atoms with Gasteiger partial charge in [0.05, 0.1) is 30.9 Å². The Bertz CT molecular complexity index is 2010. The molecule has 38 heavy (non-hydrogen) atoms. The van der Waals surface area contributed by atoms with Crippen molar-refractivity contribution in [3.05, 3.63) is 109 Å². The molecular weight excluding hydrogens is 468 g/mol. The molecule has 0 aliphatic carbocycles. The topological polar surface area (TPSA) is 44.2 Å². The fourth-order valence-electron chi connectivity index (χ4n) is 5.53. The molecule has 0 N–H and O–H groups in total. The molecule has 0 spiro atoms. The van der Waals surface area contributed by atoms with E-state index in [1.54, 1.807) is 14.2 Å². The van der Waals surface area contributed by atoms with E-state index in [-0.39, 0.29) is 0 Å². The highest BCUT2D eigenvalue weighted by Crippen LogP contribution is 2.49. The molecule has 0 amide bonds. The summed E-state index contributed by atoms with van der Waals surface area (Å²) in [5.41, 5.74) is 5.52. The summed E-state index contributed by atoms with van der Waals surface area (Å²) in [7, 11) is 3.45. The van der Waals surface area contributed by atoms with Crippen LogP contribution in [0.25, 0.3) is 65.7 Å². The fourth-order valence-corrected chi connectivity index (χ4v) is 5.53. The van der Waals surface area contributed by atoms with Crippen LogP contribution in [0.3, 0.4) is 0 Å². The van der Waals surface area contributed by atoms with E-state index in [9.17, 15) is 0 Å². The van der Waals surface area contributed by atoms with Crippen molar-refractivity contribution in [2.45, 2.75) is 0 Å². The zero-order valence-electron chi connectivity index (χ0n) is 21.1. The lowest BCUT2D eigenvalue weighted by Gasteiger charge is -2.20. The van der Waals surface area contributed by atoms with Crippen LogP contribution in [0.15, 0.2) is 109 Å². The highest BCUT2D eigenvalue weighted by molar-refractivity contribution is 6.12. The summed E-state index contributed by atoms with van der Waals surface area (Å²) in [6.45, 7) is 0. The van der Waals surface area contributed by atoms with E-state index in [1.807, 2.05) is 18.3 Å². The molecule has 0 radical (unpaired) electrons. The van der Waals surface area contributed by atoms with Crippen LogP contribution < -0.4 is 9.47 Å². The van der Waals surface area contributed by atoms with E-state index in [0.717, 1.165) is 77.2 Å². The van der Waals surface area contributed by atoms with Gasteiger partial charge in [0.25, 0.3) is 0 Å². The highest BCUT2D eigenvalue weighted by atomic mass is 16.5. The van der Waals surface area contributed by atoms with Crippen LogP contribution in [0.4, 0.5) is 0 Å². The second-order valence-corrected chi connectivity index (χ2v) is 9.33. The minimum Gasteiger partial charge on any atom is -0.496 e. The van der Waals surface area contributed by atoms with Crippen LogP contribution >= 0.6 is 0 Å². The maximum atomic E-state index is 6.23. The lowest BCUT2D eigenvalue weighted by atomic mass is 9.89. The fraction of sp³-hybridized carbons (Fsp3) is 0.0588. The maximum Gasteiger partial charge on any atom is 0.136 e. The molecule has 0 aliphatic rings. The summed E-state index contributed by atoms with van der Waals surface area (Å²) >= 11 is 0. The molecule has 0 bridgehead atoms. The summed E-state index contributed by atoms with van der Waals surface area (Å²) < 4.78 is 12.2. The molecule has 0 atom stereocenters. The molecule has 5 aromatic carbocycles. The Morgan fingerprint density at radius 3 is 2.00 bits per heavy atom. The normalized spacial score (nSPS) is 11.4. The van der Waals surface area contributed by atoms with Crippen molar-refractivity contribution < 1.29 is 9.47 Å². The number of rotatable bonds is 4. The first-order valence-electron chi connectivity index (χ1n) is 12.6. The Morgan fingerprint density at radius 2 is 1.21 bits per heavy atom. The van der Waals surface area contributed by atoms with E-state index in [4.69, 9.17) is 14.5 Å².